The number of hydrogen-bond donors (Lipinski definition) is 2. The predicted octanol–water partition coefficient (Wildman–Crippen LogP) is 2.68. The molecule has 0 spiro atoms. The van der Waals surface area contributed by atoms with Crippen LogP contribution in [0.15, 0.2) is 18.2 Å². The summed E-state index contributed by atoms with van der Waals surface area (Å²) in [5, 5.41) is 9.26. The molecule has 0 heterocycles. The second kappa shape index (κ2) is 7.17. The lowest BCUT2D eigenvalue weighted by Crippen LogP contribution is -2.17. The molecule has 1 aromatic rings. The van der Waals surface area contributed by atoms with Crippen molar-refractivity contribution >= 4 is 5.97 Å². The van der Waals surface area contributed by atoms with E-state index >= 15 is 0 Å². The number of carboxylic acid groups (broad SMARTS) is 1. The number of benzene rings is 1. The number of carboxylic acids is 1. The normalized spacial score (nSPS) is 12.4. The molecule has 100 valence electrons. The molecule has 1 rings (SSSR count). The molecule has 0 saturated heterocycles. The van der Waals surface area contributed by atoms with Crippen molar-refractivity contribution in [3.05, 3.63) is 34.9 Å². The molecular formula is C15H23NO2. The highest BCUT2D eigenvalue weighted by atomic mass is 16.4. The summed E-state index contributed by atoms with van der Waals surface area (Å²) in [5.41, 5.74) is 8.94. The summed E-state index contributed by atoms with van der Waals surface area (Å²) < 4.78 is 0. The second-order valence-electron chi connectivity index (χ2n) is 4.95. The summed E-state index contributed by atoms with van der Waals surface area (Å²) in [6, 6.07) is 6.21. The Morgan fingerprint density at radius 2 is 2.06 bits per heavy atom. The Hall–Kier alpha value is -1.35. The van der Waals surface area contributed by atoms with Crippen LogP contribution in [0.4, 0.5) is 0 Å². The molecule has 1 unspecified atom stereocenters. The molecule has 0 radical (unpaired) electrons. The number of aliphatic carboxylic acids is 1. The first kappa shape index (κ1) is 14.7. The van der Waals surface area contributed by atoms with Gasteiger partial charge in [-0.3, -0.25) is 4.79 Å². The van der Waals surface area contributed by atoms with Crippen molar-refractivity contribution in [3.8, 4) is 0 Å². The van der Waals surface area contributed by atoms with Crippen LogP contribution < -0.4 is 5.73 Å². The third kappa shape index (κ3) is 4.49. The summed E-state index contributed by atoms with van der Waals surface area (Å²) in [5.74, 6) is -0.995. The fourth-order valence-corrected chi connectivity index (χ4v) is 2.13. The fraction of sp³-hybridized carbons (Fsp3) is 0.533. The minimum Gasteiger partial charge on any atom is -0.481 e. The molecule has 0 aliphatic rings. The number of rotatable bonds is 7. The van der Waals surface area contributed by atoms with Crippen molar-refractivity contribution in [2.24, 2.45) is 11.7 Å². The van der Waals surface area contributed by atoms with Crippen LogP contribution in [0.3, 0.4) is 0 Å². The van der Waals surface area contributed by atoms with Gasteiger partial charge in [-0.05, 0) is 50.8 Å². The molecule has 0 fully saturated rings. The van der Waals surface area contributed by atoms with Crippen LogP contribution in [0.5, 0.6) is 0 Å². The largest absolute Gasteiger partial charge is 0.481 e. The van der Waals surface area contributed by atoms with E-state index < -0.39 is 5.97 Å². The van der Waals surface area contributed by atoms with E-state index in [4.69, 9.17) is 5.73 Å². The maximum absolute atomic E-state index is 11.3. The lowest BCUT2D eigenvalue weighted by atomic mass is 9.91. The third-order valence-electron chi connectivity index (χ3n) is 3.33. The molecular weight excluding hydrogens is 226 g/mol. The van der Waals surface area contributed by atoms with Crippen molar-refractivity contribution < 1.29 is 9.90 Å². The van der Waals surface area contributed by atoms with Gasteiger partial charge in [-0.15, -0.1) is 0 Å². The summed E-state index contributed by atoms with van der Waals surface area (Å²) >= 11 is 0. The molecule has 18 heavy (non-hydrogen) atoms. The number of unbranched alkanes of at least 4 members (excludes halogenated alkanes) is 1. The zero-order valence-corrected chi connectivity index (χ0v) is 11.3. The van der Waals surface area contributed by atoms with Crippen molar-refractivity contribution in [1.82, 2.24) is 0 Å². The molecule has 3 nitrogen and oxygen atoms in total. The van der Waals surface area contributed by atoms with E-state index in [0.717, 1.165) is 18.4 Å². The quantitative estimate of drug-likeness (QED) is 0.730. The van der Waals surface area contributed by atoms with E-state index in [1.807, 2.05) is 13.8 Å². The van der Waals surface area contributed by atoms with Crippen LogP contribution in [-0.4, -0.2) is 17.6 Å². The molecule has 1 atom stereocenters. The van der Waals surface area contributed by atoms with Crippen LogP contribution in [0.25, 0.3) is 0 Å². The van der Waals surface area contributed by atoms with E-state index in [2.05, 4.69) is 18.2 Å². The second-order valence-corrected chi connectivity index (χ2v) is 4.95. The van der Waals surface area contributed by atoms with Gasteiger partial charge >= 0.3 is 5.97 Å². The topological polar surface area (TPSA) is 63.3 Å². The van der Waals surface area contributed by atoms with Crippen LogP contribution in [0, 0.1) is 19.8 Å². The van der Waals surface area contributed by atoms with Gasteiger partial charge in [-0.1, -0.05) is 30.2 Å². The summed E-state index contributed by atoms with van der Waals surface area (Å²) in [4.78, 5) is 11.3. The number of nitrogens with two attached hydrogens (primary N) is 1. The molecule has 1 aromatic carbocycles. The number of hydrogen-bond acceptors (Lipinski definition) is 2. The number of aryl methyl sites for hydroxylation is 2. The van der Waals surface area contributed by atoms with E-state index in [0.29, 0.717) is 19.4 Å². The first-order chi connectivity index (χ1) is 8.54. The SMILES string of the molecule is Cc1ccc(C)c(CC(CCCCN)C(=O)O)c1. The minimum absolute atomic E-state index is 0.294. The standard InChI is InChI=1S/C15H23NO2/c1-11-6-7-12(2)14(9-11)10-13(15(17)18)5-3-4-8-16/h6-7,9,13H,3-5,8,10,16H2,1-2H3,(H,17,18). The molecule has 0 aliphatic carbocycles. The van der Waals surface area contributed by atoms with E-state index in [-0.39, 0.29) is 5.92 Å². The highest BCUT2D eigenvalue weighted by Crippen LogP contribution is 2.19. The summed E-state index contributed by atoms with van der Waals surface area (Å²) in [6.07, 6.45) is 3.11. The molecule has 0 bridgehead atoms. The van der Waals surface area contributed by atoms with E-state index in [9.17, 15) is 9.90 Å². The summed E-state index contributed by atoms with van der Waals surface area (Å²) in [7, 11) is 0. The average Bonchev–Trinajstić information content (AvgIpc) is 2.32. The smallest absolute Gasteiger partial charge is 0.306 e. The van der Waals surface area contributed by atoms with Crippen molar-refractivity contribution in [2.75, 3.05) is 6.54 Å². The molecule has 0 saturated carbocycles. The first-order valence-electron chi connectivity index (χ1n) is 6.53. The zero-order chi connectivity index (χ0) is 13.5. The Bertz CT molecular complexity index is 401. The van der Waals surface area contributed by atoms with Gasteiger partial charge in [-0.2, -0.15) is 0 Å². The predicted molar refractivity (Wildman–Crippen MR) is 73.7 cm³/mol. The third-order valence-corrected chi connectivity index (χ3v) is 3.33. The summed E-state index contributed by atoms with van der Waals surface area (Å²) in [6.45, 7) is 4.70. The molecule has 3 heteroatoms. The Kier molecular flexibility index (Phi) is 5.86. The Morgan fingerprint density at radius 1 is 1.33 bits per heavy atom. The monoisotopic (exact) mass is 249 g/mol. The van der Waals surface area contributed by atoms with Gasteiger partial charge in [0.15, 0.2) is 0 Å². The molecule has 3 N–H and O–H groups in total. The Morgan fingerprint density at radius 3 is 2.67 bits per heavy atom. The van der Waals surface area contributed by atoms with Crippen molar-refractivity contribution in [3.63, 3.8) is 0 Å². The van der Waals surface area contributed by atoms with Gasteiger partial charge < -0.3 is 10.8 Å². The minimum atomic E-state index is -0.701. The van der Waals surface area contributed by atoms with Gasteiger partial charge in [0.1, 0.15) is 0 Å². The van der Waals surface area contributed by atoms with Gasteiger partial charge in [-0.25, -0.2) is 0 Å². The van der Waals surface area contributed by atoms with Crippen LogP contribution in [0.2, 0.25) is 0 Å². The lowest BCUT2D eigenvalue weighted by Gasteiger charge is -2.14. The van der Waals surface area contributed by atoms with Crippen molar-refractivity contribution in [2.45, 2.75) is 39.5 Å². The van der Waals surface area contributed by atoms with Gasteiger partial charge in [0.05, 0.1) is 5.92 Å². The molecule has 0 amide bonds. The molecule has 0 aromatic heterocycles. The van der Waals surface area contributed by atoms with E-state index in [1.54, 1.807) is 0 Å². The van der Waals surface area contributed by atoms with Gasteiger partial charge in [0.2, 0.25) is 0 Å². The Balaban J connectivity index is 2.70. The maximum atomic E-state index is 11.3. The van der Waals surface area contributed by atoms with Crippen LogP contribution >= 0.6 is 0 Å². The maximum Gasteiger partial charge on any atom is 0.306 e. The molecule has 0 aliphatic heterocycles. The highest BCUT2D eigenvalue weighted by Gasteiger charge is 2.18. The van der Waals surface area contributed by atoms with Crippen LogP contribution in [0.1, 0.15) is 36.0 Å². The number of carbonyl (C=O) groups is 1. The van der Waals surface area contributed by atoms with Crippen molar-refractivity contribution in [1.29, 1.82) is 0 Å². The zero-order valence-electron chi connectivity index (χ0n) is 11.3. The highest BCUT2D eigenvalue weighted by molar-refractivity contribution is 5.70. The first-order valence-corrected chi connectivity index (χ1v) is 6.53. The van der Waals surface area contributed by atoms with Gasteiger partial charge in [0, 0.05) is 0 Å². The van der Waals surface area contributed by atoms with Gasteiger partial charge in [0.25, 0.3) is 0 Å². The van der Waals surface area contributed by atoms with E-state index in [1.165, 1.54) is 11.1 Å². The lowest BCUT2D eigenvalue weighted by molar-refractivity contribution is -0.142. The fourth-order valence-electron chi connectivity index (χ4n) is 2.13. The Labute approximate surface area is 109 Å². The average molecular weight is 249 g/mol. The van der Waals surface area contributed by atoms with Crippen LogP contribution in [-0.2, 0) is 11.2 Å².